The maximum atomic E-state index is 5.93. The normalized spacial score (nSPS) is 10.7. The van der Waals surface area contributed by atoms with E-state index in [9.17, 15) is 0 Å². The molecule has 0 amide bonds. The molecule has 5 aromatic carbocycles. The molecule has 426 valence electrons. The van der Waals surface area contributed by atoms with Crippen LogP contribution in [0.5, 0.6) is 0 Å². The smallest absolute Gasteiger partial charge is 0.144 e. The molecule has 0 saturated carbocycles. The molecule has 0 saturated heterocycles. The Bertz CT molecular complexity index is 3620. The van der Waals surface area contributed by atoms with Gasteiger partial charge in [0.15, 0.2) is 0 Å². The maximum absolute atomic E-state index is 5.93. The maximum Gasteiger partial charge on any atom is 0.144 e. The van der Waals surface area contributed by atoms with Crippen LogP contribution in [0.15, 0.2) is 167 Å². The summed E-state index contributed by atoms with van der Waals surface area (Å²) in [5.74, 6) is 3.50. The van der Waals surface area contributed by atoms with Crippen molar-refractivity contribution < 1.29 is 19.4 Å². The lowest BCUT2D eigenvalue weighted by Gasteiger charge is -2.11. The van der Waals surface area contributed by atoms with Crippen LogP contribution in [0.1, 0.15) is 33.4 Å². The monoisotopic (exact) mass is 1160 g/mol. The van der Waals surface area contributed by atoms with Gasteiger partial charge in [0.2, 0.25) is 0 Å². The van der Waals surface area contributed by atoms with E-state index in [1.165, 1.54) is 78.6 Å². The zero-order valence-corrected chi connectivity index (χ0v) is 47.2. The van der Waals surface area contributed by atoms with Crippen LogP contribution in [0.4, 0.5) is 80.7 Å². The number of anilines is 14. The minimum Gasteiger partial charge on any atom is -0.399 e. The molecule has 25 nitrogen and oxygen atoms in total. The number of nitrogen functional groups attached to an aromatic ring is 4. The predicted octanol–water partition coefficient (Wildman–Crippen LogP) is 10.8. The number of aromatic nitrogens is 8. The summed E-state index contributed by atoms with van der Waals surface area (Å²) in [5, 5.41) is 32.2. The molecule has 0 spiro atoms. The number of hydrogen-bond acceptors (Lipinski definition) is 25. The molecule has 0 aliphatic carbocycles. The number of halogens is 2. The van der Waals surface area contributed by atoms with E-state index in [1.54, 1.807) is 18.2 Å². The van der Waals surface area contributed by atoms with E-state index < -0.39 is 0 Å². The average Bonchev–Trinajstić information content (AvgIpc) is 3.48. The first-order valence-electron chi connectivity index (χ1n) is 24.6. The second kappa shape index (κ2) is 32.2. The van der Waals surface area contributed by atoms with Crippen LogP contribution in [0.2, 0.25) is 10.0 Å². The third-order valence-electron chi connectivity index (χ3n) is 10.8. The third kappa shape index (κ3) is 19.4. The largest absolute Gasteiger partial charge is 0.399 e. The number of nitrogens with two attached hydrogens (primary N) is 4. The molecule has 4 heterocycles. The molecule has 83 heavy (non-hydrogen) atoms. The summed E-state index contributed by atoms with van der Waals surface area (Å²) in [7, 11) is 5.82. The molecule has 0 aliphatic heterocycles. The fourth-order valence-corrected chi connectivity index (χ4v) is 7.20. The molecule has 0 bridgehead atoms. The molecule has 0 fully saturated rings. The van der Waals surface area contributed by atoms with Gasteiger partial charge in [-0.15, -0.1) is 0 Å². The van der Waals surface area contributed by atoms with Crippen molar-refractivity contribution in [2.24, 2.45) is 20.6 Å². The summed E-state index contributed by atoms with van der Waals surface area (Å²) < 4.78 is 0. The highest BCUT2D eigenvalue weighted by atomic mass is 35.5. The molecular formula is C56H59Cl2N21O4. The van der Waals surface area contributed by atoms with Gasteiger partial charge in [-0.25, -0.2) is 39.9 Å². The van der Waals surface area contributed by atoms with Crippen molar-refractivity contribution >= 4 is 129 Å². The molecule has 9 aromatic rings. The van der Waals surface area contributed by atoms with E-state index in [2.05, 4.69) is 102 Å². The van der Waals surface area contributed by atoms with E-state index in [0.29, 0.717) is 78.8 Å². The van der Waals surface area contributed by atoms with Crippen molar-refractivity contribution in [3.05, 3.63) is 190 Å². The summed E-state index contributed by atoms with van der Waals surface area (Å²) in [6, 6.07) is 38.5. The number of hydrogen-bond donors (Lipinski definition) is 9. The number of aryl methyl sites for hydroxylation is 2. The van der Waals surface area contributed by atoms with E-state index in [0.717, 1.165) is 45.3 Å². The summed E-state index contributed by atoms with van der Waals surface area (Å²) in [6.07, 6.45) is 11.4. The van der Waals surface area contributed by atoms with Crippen LogP contribution in [-0.2, 0) is 19.4 Å². The van der Waals surface area contributed by atoms with Gasteiger partial charge in [-0.05, 0) is 116 Å². The van der Waals surface area contributed by atoms with E-state index in [1.807, 2.05) is 117 Å². The first-order chi connectivity index (χ1) is 40.3. The molecule has 0 aliphatic rings. The van der Waals surface area contributed by atoms with Gasteiger partial charge in [0.25, 0.3) is 0 Å². The first kappa shape index (κ1) is 61.3. The van der Waals surface area contributed by atoms with E-state index >= 15 is 0 Å². The Labute approximate surface area is 488 Å². The molecule has 27 heteroatoms. The zero-order valence-electron chi connectivity index (χ0n) is 45.7. The van der Waals surface area contributed by atoms with Gasteiger partial charge in [-0.3, -0.25) is 0 Å². The SMILES string of the molecule is CO/N=C/c1c(N)ncnc1Nc1ccc(Cl)cc1.CO/N=C/c1c(N)ncnc1Nc1ccc(Cl)cc1C.CO/N=C/c1c(N)ncnc1Nc1ccc(Nc2ccccc2)cc1.CO/N=C/c1c(N)ncnc1Nc1cccc(C)c1. The van der Waals surface area contributed by atoms with Crippen molar-refractivity contribution in [2.75, 3.05) is 78.0 Å². The van der Waals surface area contributed by atoms with Crippen LogP contribution in [0, 0.1) is 13.8 Å². The highest BCUT2D eigenvalue weighted by molar-refractivity contribution is 6.31. The number of para-hydroxylation sites is 1. The third-order valence-corrected chi connectivity index (χ3v) is 11.3. The molecule has 0 unspecified atom stereocenters. The highest BCUT2D eigenvalue weighted by Gasteiger charge is 2.12. The van der Waals surface area contributed by atoms with Crippen LogP contribution < -0.4 is 49.5 Å². The zero-order chi connectivity index (χ0) is 59.3. The van der Waals surface area contributed by atoms with Gasteiger partial charge >= 0.3 is 0 Å². The van der Waals surface area contributed by atoms with Crippen LogP contribution in [0.25, 0.3) is 0 Å². The quantitative estimate of drug-likeness (QED) is 0.0285. The fraction of sp³-hybridized carbons (Fsp3) is 0.107. The number of nitrogens with zero attached hydrogens (tertiary/aromatic N) is 12. The summed E-state index contributed by atoms with van der Waals surface area (Å²) in [6.45, 7) is 3.97. The minimum atomic E-state index is 0.312. The van der Waals surface area contributed by atoms with Gasteiger partial charge in [0.1, 0.15) is 100 Å². The number of oxime groups is 4. The molecular weight excluding hydrogens is 1100 g/mol. The second-order valence-corrected chi connectivity index (χ2v) is 17.5. The summed E-state index contributed by atoms with van der Waals surface area (Å²) in [4.78, 5) is 51.1. The van der Waals surface area contributed by atoms with Crippen molar-refractivity contribution in [1.82, 2.24) is 39.9 Å². The Morgan fingerprint density at radius 3 is 1.12 bits per heavy atom. The van der Waals surface area contributed by atoms with Gasteiger partial charge in [0, 0.05) is 44.2 Å². The Morgan fingerprint density at radius 2 is 0.723 bits per heavy atom. The molecule has 0 radical (unpaired) electrons. The van der Waals surface area contributed by atoms with Crippen LogP contribution in [0.3, 0.4) is 0 Å². The number of rotatable bonds is 18. The Morgan fingerprint density at radius 1 is 0.373 bits per heavy atom. The minimum absolute atomic E-state index is 0.312. The fourth-order valence-electron chi connectivity index (χ4n) is 6.85. The Balaban J connectivity index is 0.000000179. The Hall–Kier alpha value is -10.9. The topological polar surface area (TPSA) is 354 Å². The molecule has 13 N–H and O–H groups in total. The van der Waals surface area contributed by atoms with Crippen molar-refractivity contribution in [3.8, 4) is 0 Å². The van der Waals surface area contributed by atoms with Crippen molar-refractivity contribution in [1.29, 1.82) is 0 Å². The first-order valence-corrected chi connectivity index (χ1v) is 25.3. The van der Waals surface area contributed by atoms with Crippen molar-refractivity contribution in [2.45, 2.75) is 13.8 Å². The van der Waals surface area contributed by atoms with Gasteiger partial charge in [-0.2, -0.15) is 0 Å². The molecule has 9 rings (SSSR count). The van der Waals surface area contributed by atoms with Crippen LogP contribution >= 0.6 is 23.2 Å². The van der Waals surface area contributed by atoms with Gasteiger partial charge in [-0.1, -0.05) is 74.2 Å². The second-order valence-electron chi connectivity index (χ2n) is 16.7. The summed E-state index contributed by atoms with van der Waals surface area (Å²) in [5.41, 5.74) is 33.2. The Kier molecular flexibility index (Phi) is 23.8. The predicted molar refractivity (Wildman–Crippen MR) is 332 cm³/mol. The summed E-state index contributed by atoms with van der Waals surface area (Å²) >= 11 is 11.8. The lowest BCUT2D eigenvalue weighted by Crippen LogP contribution is -2.05. The highest BCUT2D eigenvalue weighted by Crippen LogP contribution is 2.27. The number of nitrogens with one attached hydrogen (secondary N) is 5. The van der Waals surface area contributed by atoms with Gasteiger partial charge < -0.3 is 68.9 Å². The standard InChI is InChI=1S/C18H18N6O.C13H14ClN5O.C13H15N5O.C12H12ClN5O/c1-25-22-11-16-17(19)20-12-21-18(16)24-15-9-7-14(8-10-15)23-13-5-3-2-4-6-13;1-8-5-9(14)3-4-11(8)19-13-10(6-18-20-2)12(15)16-7-17-13;1-9-4-3-5-10(6-9)18-13-11(7-17-19-2)12(14)15-8-16-13;1-19-17-6-10-11(14)15-7-16-12(10)18-9-4-2-8(13)3-5-9/h2-12,23H,1H3,(H3,19,20,21,24);3-7H,1-2H3,(H3,15,16,17,19);3-8H,1-2H3,(H3,14,15,16,18);2-7H,1H3,(H3,14,15,16,18)/b22-11+;18-6+;17-7+;17-6+. The van der Waals surface area contributed by atoms with Crippen LogP contribution in [-0.4, -0.2) is 93.2 Å². The van der Waals surface area contributed by atoms with E-state index in [-0.39, 0.29) is 0 Å². The lowest BCUT2D eigenvalue weighted by atomic mass is 10.2. The average molecular weight is 1160 g/mol. The van der Waals surface area contributed by atoms with Crippen molar-refractivity contribution in [3.63, 3.8) is 0 Å². The lowest BCUT2D eigenvalue weighted by molar-refractivity contribution is 0.215. The van der Waals surface area contributed by atoms with E-state index in [4.69, 9.17) is 51.0 Å². The molecule has 0 atom stereocenters. The molecule has 4 aromatic heterocycles. The number of benzene rings is 5. The van der Waals surface area contributed by atoms with Gasteiger partial charge in [0.05, 0.1) is 47.1 Å².